The Kier molecular flexibility index (Phi) is 4.23. The van der Waals surface area contributed by atoms with Gasteiger partial charge in [0.1, 0.15) is 11.9 Å². The molecule has 0 spiro atoms. The van der Waals surface area contributed by atoms with Crippen molar-refractivity contribution in [3.63, 3.8) is 0 Å². The molecule has 2 nitrogen and oxygen atoms in total. The molecule has 0 fully saturated rings. The molecular weight excluding hydrogens is 328 g/mol. The van der Waals surface area contributed by atoms with Gasteiger partial charge in [-0.15, -0.1) is 0 Å². The lowest BCUT2D eigenvalue weighted by Gasteiger charge is -2.09. The number of rotatable bonds is 4. The Morgan fingerprint density at radius 3 is 2.14 bits per heavy atom. The smallest absolute Gasteiger partial charge is 0.169 e. The summed E-state index contributed by atoms with van der Waals surface area (Å²) in [4.78, 5) is 0. The van der Waals surface area contributed by atoms with Gasteiger partial charge in [0.25, 0.3) is 0 Å². The zero-order chi connectivity index (χ0) is 14.7. The quantitative estimate of drug-likeness (QED) is 0.744. The molecule has 3 aromatic rings. The Morgan fingerprint density at radius 2 is 1.52 bits per heavy atom. The van der Waals surface area contributed by atoms with Crippen LogP contribution < -0.4 is 0 Å². The fourth-order valence-corrected chi connectivity index (χ4v) is 2.61. The van der Waals surface area contributed by atoms with Crippen LogP contribution >= 0.6 is 15.9 Å². The van der Waals surface area contributed by atoms with Crippen molar-refractivity contribution in [1.82, 2.24) is 0 Å². The van der Waals surface area contributed by atoms with E-state index in [1.165, 1.54) is 11.1 Å². The van der Waals surface area contributed by atoms with Crippen molar-refractivity contribution in [2.75, 3.05) is 0 Å². The predicted molar refractivity (Wildman–Crippen MR) is 86.2 cm³/mol. The second-order valence-electron chi connectivity index (χ2n) is 4.95. The average molecular weight is 343 g/mol. The summed E-state index contributed by atoms with van der Waals surface area (Å²) in [5, 5.41) is 10.3. The molecule has 0 radical (unpaired) electrons. The number of aliphatic hydroxyl groups excluding tert-OH is 1. The SMILES string of the molecule is OC(c1ccc(Cc2ccccc2)cc1)c1ccc(Br)o1. The molecule has 1 N–H and O–H groups in total. The van der Waals surface area contributed by atoms with Crippen LogP contribution in [0.25, 0.3) is 0 Å². The van der Waals surface area contributed by atoms with Gasteiger partial charge < -0.3 is 9.52 Å². The van der Waals surface area contributed by atoms with Crippen LogP contribution in [-0.2, 0) is 6.42 Å². The summed E-state index contributed by atoms with van der Waals surface area (Å²) in [6.45, 7) is 0. The van der Waals surface area contributed by atoms with Gasteiger partial charge >= 0.3 is 0 Å². The normalized spacial score (nSPS) is 12.3. The van der Waals surface area contributed by atoms with E-state index in [2.05, 4.69) is 28.1 Å². The molecule has 106 valence electrons. The number of hydrogen-bond donors (Lipinski definition) is 1. The van der Waals surface area contributed by atoms with Crippen molar-refractivity contribution in [3.8, 4) is 0 Å². The maximum Gasteiger partial charge on any atom is 0.169 e. The van der Waals surface area contributed by atoms with Crippen LogP contribution in [0.2, 0.25) is 0 Å². The summed E-state index contributed by atoms with van der Waals surface area (Å²) < 4.78 is 6.01. The number of hydrogen-bond acceptors (Lipinski definition) is 2. The molecule has 3 heteroatoms. The summed E-state index contributed by atoms with van der Waals surface area (Å²) in [5.41, 5.74) is 3.33. The monoisotopic (exact) mass is 342 g/mol. The van der Waals surface area contributed by atoms with Crippen LogP contribution in [0.4, 0.5) is 0 Å². The van der Waals surface area contributed by atoms with E-state index in [-0.39, 0.29) is 0 Å². The third-order valence-electron chi connectivity index (χ3n) is 3.41. The summed E-state index contributed by atoms with van der Waals surface area (Å²) in [7, 11) is 0. The maximum atomic E-state index is 10.3. The van der Waals surface area contributed by atoms with Crippen LogP contribution in [0.5, 0.6) is 0 Å². The number of halogens is 1. The van der Waals surface area contributed by atoms with Crippen molar-refractivity contribution in [3.05, 3.63) is 93.9 Å². The van der Waals surface area contributed by atoms with E-state index in [4.69, 9.17) is 4.42 Å². The standard InChI is InChI=1S/C18H15BrO2/c19-17-11-10-16(21-17)18(20)15-8-6-14(7-9-15)12-13-4-2-1-3-5-13/h1-11,18,20H,12H2. The van der Waals surface area contributed by atoms with Crippen LogP contribution in [-0.4, -0.2) is 5.11 Å². The molecule has 21 heavy (non-hydrogen) atoms. The van der Waals surface area contributed by atoms with Gasteiger partial charge in [-0.1, -0.05) is 54.6 Å². The van der Waals surface area contributed by atoms with E-state index in [1.54, 1.807) is 12.1 Å². The number of benzene rings is 2. The third kappa shape index (κ3) is 3.43. The molecule has 1 aromatic heterocycles. The minimum atomic E-state index is -0.734. The zero-order valence-electron chi connectivity index (χ0n) is 11.4. The van der Waals surface area contributed by atoms with Crippen molar-refractivity contribution in [2.24, 2.45) is 0 Å². The second kappa shape index (κ2) is 6.29. The van der Waals surface area contributed by atoms with Gasteiger partial charge in [-0.25, -0.2) is 0 Å². The number of furan rings is 1. The Hall–Kier alpha value is -1.84. The topological polar surface area (TPSA) is 33.4 Å². The second-order valence-corrected chi connectivity index (χ2v) is 5.73. The predicted octanol–water partition coefficient (Wildman–Crippen LogP) is 4.71. The minimum Gasteiger partial charge on any atom is -0.451 e. The summed E-state index contributed by atoms with van der Waals surface area (Å²) in [6.07, 6.45) is 0.158. The highest BCUT2D eigenvalue weighted by Gasteiger charge is 2.14. The lowest BCUT2D eigenvalue weighted by Crippen LogP contribution is -1.98. The summed E-state index contributed by atoms with van der Waals surface area (Å²) in [6, 6.07) is 21.9. The van der Waals surface area contributed by atoms with Crippen LogP contribution in [0.3, 0.4) is 0 Å². The Labute approximate surface area is 132 Å². The third-order valence-corrected chi connectivity index (χ3v) is 3.84. The molecule has 0 aliphatic rings. The molecule has 0 amide bonds. The molecule has 1 atom stereocenters. The molecule has 0 aliphatic carbocycles. The van der Waals surface area contributed by atoms with E-state index < -0.39 is 6.10 Å². The van der Waals surface area contributed by atoms with E-state index in [9.17, 15) is 5.11 Å². The molecule has 2 aromatic carbocycles. The highest BCUT2D eigenvalue weighted by atomic mass is 79.9. The lowest BCUT2D eigenvalue weighted by atomic mass is 10.0. The van der Waals surface area contributed by atoms with E-state index >= 15 is 0 Å². The van der Waals surface area contributed by atoms with Crippen molar-refractivity contribution >= 4 is 15.9 Å². The van der Waals surface area contributed by atoms with Crippen molar-refractivity contribution < 1.29 is 9.52 Å². The Morgan fingerprint density at radius 1 is 0.857 bits per heavy atom. The van der Waals surface area contributed by atoms with Crippen molar-refractivity contribution in [1.29, 1.82) is 0 Å². The fourth-order valence-electron chi connectivity index (χ4n) is 2.29. The van der Waals surface area contributed by atoms with Gasteiger partial charge in [0, 0.05) is 0 Å². The lowest BCUT2D eigenvalue weighted by molar-refractivity contribution is 0.187. The van der Waals surface area contributed by atoms with Gasteiger partial charge in [0.05, 0.1) is 0 Å². The van der Waals surface area contributed by atoms with E-state index in [0.717, 1.165) is 12.0 Å². The van der Waals surface area contributed by atoms with Crippen LogP contribution in [0, 0.1) is 0 Å². The molecule has 0 bridgehead atoms. The van der Waals surface area contributed by atoms with Crippen molar-refractivity contribution in [2.45, 2.75) is 12.5 Å². The first kappa shape index (κ1) is 14.1. The first-order chi connectivity index (χ1) is 10.2. The first-order valence-corrected chi connectivity index (χ1v) is 7.58. The molecule has 0 saturated heterocycles. The summed E-state index contributed by atoms with van der Waals surface area (Å²) in [5.74, 6) is 0.540. The molecule has 3 rings (SSSR count). The Bertz CT molecular complexity index is 702. The molecule has 1 unspecified atom stereocenters. The van der Waals surface area contributed by atoms with E-state index in [0.29, 0.717) is 10.4 Å². The molecule has 0 saturated carbocycles. The largest absolute Gasteiger partial charge is 0.451 e. The van der Waals surface area contributed by atoms with Gasteiger partial charge in [-0.3, -0.25) is 0 Å². The van der Waals surface area contributed by atoms with E-state index in [1.807, 2.05) is 42.5 Å². The van der Waals surface area contributed by atoms with Gasteiger partial charge in [0.15, 0.2) is 4.67 Å². The molecule has 1 heterocycles. The molecular formula is C18H15BrO2. The average Bonchev–Trinajstić information content (AvgIpc) is 2.95. The van der Waals surface area contributed by atoms with Gasteiger partial charge in [-0.2, -0.15) is 0 Å². The van der Waals surface area contributed by atoms with Gasteiger partial charge in [0.2, 0.25) is 0 Å². The minimum absolute atomic E-state index is 0.540. The highest BCUT2D eigenvalue weighted by Crippen LogP contribution is 2.26. The zero-order valence-corrected chi connectivity index (χ0v) is 13.0. The fraction of sp³-hybridized carbons (Fsp3) is 0.111. The van der Waals surface area contributed by atoms with Crippen LogP contribution in [0.1, 0.15) is 28.6 Å². The van der Waals surface area contributed by atoms with Gasteiger partial charge in [-0.05, 0) is 51.2 Å². The Balaban J connectivity index is 1.75. The first-order valence-electron chi connectivity index (χ1n) is 6.78. The maximum absolute atomic E-state index is 10.3. The number of aliphatic hydroxyl groups is 1. The molecule has 0 aliphatic heterocycles. The van der Waals surface area contributed by atoms with Crippen LogP contribution in [0.15, 0.2) is 75.8 Å². The summed E-state index contributed by atoms with van der Waals surface area (Å²) >= 11 is 3.24. The highest BCUT2D eigenvalue weighted by molar-refractivity contribution is 9.10.